The van der Waals surface area contributed by atoms with Crippen molar-refractivity contribution in [1.29, 1.82) is 0 Å². The lowest BCUT2D eigenvalue weighted by molar-refractivity contribution is 0.583. The van der Waals surface area contributed by atoms with E-state index in [1.165, 1.54) is 48.2 Å². The van der Waals surface area contributed by atoms with Gasteiger partial charge in [0.15, 0.2) is 0 Å². The number of hydrogen-bond acceptors (Lipinski definition) is 3. The predicted octanol–water partition coefficient (Wildman–Crippen LogP) is 3.29. The van der Waals surface area contributed by atoms with Crippen molar-refractivity contribution in [2.75, 3.05) is 31.1 Å². The van der Waals surface area contributed by atoms with Crippen LogP contribution in [0.5, 0.6) is 0 Å². The molecule has 1 aromatic carbocycles. The first-order chi connectivity index (χ1) is 12.4. The Morgan fingerprint density at radius 1 is 0.920 bits per heavy atom. The maximum Gasteiger partial charge on any atom is 0.139 e. The minimum absolute atomic E-state index is 1.03. The van der Waals surface area contributed by atoms with Crippen LogP contribution in [0.25, 0.3) is 16.9 Å². The Balaban J connectivity index is 1.56. The lowest BCUT2D eigenvalue weighted by Gasteiger charge is -2.29. The summed E-state index contributed by atoms with van der Waals surface area (Å²) in [6, 6.07) is 13.4. The molecule has 128 valence electrons. The number of pyridine rings is 1. The number of piperazine rings is 1. The van der Waals surface area contributed by atoms with E-state index in [-0.39, 0.29) is 0 Å². The molecule has 0 saturated carbocycles. The van der Waals surface area contributed by atoms with Gasteiger partial charge in [-0.15, -0.1) is 0 Å². The van der Waals surface area contributed by atoms with Crippen LogP contribution in [0.2, 0.25) is 0 Å². The van der Waals surface area contributed by atoms with E-state index in [9.17, 15) is 0 Å². The Hall–Kier alpha value is -2.33. The maximum atomic E-state index is 4.91. The number of nitrogens with one attached hydrogen (secondary N) is 1. The molecule has 2 aliphatic rings. The summed E-state index contributed by atoms with van der Waals surface area (Å²) in [5.41, 5.74) is 6.40. The van der Waals surface area contributed by atoms with Crippen molar-refractivity contribution >= 4 is 11.5 Å². The molecule has 3 aromatic rings. The van der Waals surface area contributed by atoms with Gasteiger partial charge in [-0.1, -0.05) is 18.2 Å². The molecule has 0 amide bonds. The summed E-state index contributed by atoms with van der Waals surface area (Å²) in [4.78, 5) is 7.35. The molecule has 3 heterocycles. The molecule has 0 spiro atoms. The van der Waals surface area contributed by atoms with Gasteiger partial charge in [0.1, 0.15) is 11.5 Å². The minimum atomic E-state index is 1.03. The Labute approximate surface area is 148 Å². The number of imidazole rings is 1. The molecule has 1 N–H and O–H groups in total. The van der Waals surface area contributed by atoms with E-state index in [0.29, 0.717) is 0 Å². The van der Waals surface area contributed by atoms with Crippen molar-refractivity contribution in [2.45, 2.75) is 25.7 Å². The number of rotatable bonds is 2. The third-order valence-corrected chi connectivity index (χ3v) is 5.56. The number of hydrogen-bond donors (Lipinski definition) is 1. The van der Waals surface area contributed by atoms with Crippen LogP contribution < -0.4 is 10.2 Å². The summed E-state index contributed by atoms with van der Waals surface area (Å²) in [5, 5.41) is 3.43. The highest BCUT2D eigenvalue weighted by Gasteiger charge is 2.16. The van der Waals surface area contributed by atoms with Gasteiger partial charge in [0.05, 0.1) is 5.69 Å². The second-order valence-corrected chi connectivity index (χ2v) is 7.17. The van der Waals surface area contributed by atoms with E-state index in [4.69, 9.17) is 4.98 Å². The number of fused-ring (bicyclic) bond motifs is 2. The monoisotopic (exact) mass is 332 g/mol. The molecule has 4 heteroatoms. The highest BCUT2D eigenvalue weighted by Crippen LogP contribution is 2.28. The summed E-state index contributed by atoms with van der Waals surface area (Å²) in [5.74, 6) is 1.25. The first kappa shape index (κ1) is 15.0. The molecule has 1 aliphatic heterocycles. The number of anilines is 1. The van der Waals surface area contributed by atoms with Gasteiger partial charge < -0.3 is 10.2 Å². The third-order valence-electron chi connectivity index (χ3n) is 5.56. The fourth-order valence-corrected chi connectivity index (χ4v) is 4.18. The quantitative estimate of drug-likeness (QED) is 0.782. The van der Waals surface area contributed by atoms with E-state index < -0.39 is 0 Å². The van der Waals surface area contributed by atoms with Crippen molar-refractivity contribution in [3.05, 3.63) is 53.7 Å². The first-order valence-corrected chi connectivity index (χ1v) is 9.44. The Morgan fingerprint density at radius 3 is 2.64 bits per heavy atom. The van der Waals surface area contributed by atoms with E-state index in [1.807, 2.05) is 0 Å². The van der Waals surface area contributed by atoms with Crippen LogP contribution in [-0.2, 0) is 12.8 Å². The molecule has 0 unspecified atom stereocenters. The molecule has 5 rings (SSSR count). The van der Waals surface area contributed by atoms with E-state index in [1.54, 1.807) is 0 Å². The Bertz CT molecular complexity index is 905. The van der Waals surface area contributed by atoms with Crippen LogP contribution in [0.3, 0.4) is 0 Å². The topological polar surface area (TPSA) is 32.6 Å². The maximum absolute atomic E-state index is 4.91. The van der Waals surface area contributed by atoms with Gasteiger partial charge in [-0.25, -0.2) is 4.98 Å². The van der Waals surface area contributed by atoms with Gasteiger partial charge in [0.2, 0.25) is 0 Å². The zero-order chi connectivity index (χ0) is 16.6. The molecular weight excluding hydrogens is 308 g/mol. The van der Waals surface area contributed by atoms with Crippen molar-refractivity contribution in [1.82, 2.24) is 14.7 Å². The molecular formula is C21H24N4. The van der Waals surface area contributed by atoms with Crippen LogP contribution >= 0.6 is 0 Å². The summed E-state index contributed by atoms with van der Waals surface area (Å²) in [7, 11) is 0. The normalized spacial score (nSPS) is 17.7. The summed E-state index contributed by atoms with van der Waals surface area (Å²) in [6.07, 6.45) is 7.29. The van der Waals surface area contributed by atoms with Gasteiger partial charge in [-0.05, 0) is 55.0 Å². The Morgan fingerprint density at radius 2 is 1.76 bits per heavy atom. The first-order valence-electron chi connectivity index (χ1n) is 9.44. The summed E-state index contributed by atoms with van der Waals surface area (Å²) < 4.78 is 2.25. The average molecular weight is 332 g/mol. The molecule has 1 fully saturated rings. The highest BCUT2D eigenvalue weighted by atomic mass is 15.3. The number of nitrogens with zero attached hydrogens (tertiary/aromatic N) is 3. The number of aryl methyl sites for hydroxylation is 2. The fourth-order valence-electron chi connectivity index (χ4n) is 4.18. The fraction of sp³-hybridized carbons (Fsp3) is 0.381. The van der Waals surface area contributed by atoms with Gasteiger partial charge in [0, 0.05) is 37.9 Å². The van der Waals surface area contributed by atoms with Gasteiger partial charge in [-0.2, -0.15) is 0 Å². The molecule has 0 radical (unpaired) electrons. The van der Waals surface area contributed by atoms with Crippen LogP contribution in [-0.4, -0.2) is 35.6 Å². The second-order valence-electron chi connectivity index (χ2n) is 7.17. The van der Waals surface area contributed by atoms with Gasteiger partial charge >= 0.3 is 0 Å². The smallest absolute Gasteiger partial charge is 0.139 e. The highest BCUT2D eigenvalue weighted by molar-refractivity contribution is 5.66. The molecule has 0 atom stereocenters. The van der Waals surface area contributed by atoms with Crippen molar-refractivity contribution in [2.24, 2.45) is 0 Å². The van der Waals surface area contributed by atoms with Gasteiger partial charge in [-0.3, -0.25) is 4.40 Å². The van der Waals surface area contributed by atoms with Crippen LogP contribution in [0.15, 0.2) is 42.6 Å². The molecule has 4 nitrogen and oxygen atoms in total. The number of aromatic nitrogens is 2. The molecule has 1 saturated heterocycles. The van der Waals surface area contributed by atoms with E-state index in [0.717, 1.165) is 37.5 Å². The summed E-state index contributed by atoms with van der Waals surface area (Å²) in [6.45, 7) is 4.18. The second kappa shape index (κ2) is 6.19. The van der Waals surface area contributed by atoms with Crippen LogP contribution in [0, 0.1) is 0 Å². The van der Waals surface area contributed by atoms with Crippen LogP contribution in [0.4, 0.5) is 5.82 Å². The zero-order valence-corrected chi connectivity index (χ0v) is 14.5. The van der Waals surface area contributed by atoms with Crippen molar-refractivity contribution in [3.8, 4) is 11.3 Å². The lowest BCUT2D eigenvalue weighted by atomic mass is 9.90. The summed E-state index contributed by atoms with van der Waals surface area (Å²) >= 11 is 0. The molecule has 1 aliphatic carbocycles. The standard InChI is InChI=1S/C21H24N4/c1-2-5-17-14-18(9-8-16(17)4-1)19-15-25-20(23-19)6-3-7-21(25)24-12-10-22-11-13-24/h3,6-9,14-15,22H,1-2,4-5,10-13H2. The molecule has 2 aromatic heterocycles. The SMILES string of the molecule is c1cc(N2CCNCC2)n2cc(-c3ccc4c(c3)CCCC4)nc2c1. The number of benzene rings is 1. The predicted molar refractivity (Wildman–Crippen MR) is 102 cm³/mol. The van der Waals surface area contributed by atoms with E-state index in [2.05, 4.69) is 57.2 Å². The van der Waals surface area contributed by atoms with Crippen molar-refractivity contribution < 1.29 is 0 Å². The minimum Gasteiger partial charge on any atom is -0.355 e. The van der Waals surface area contributed by atoms with Crippen molar-refractivity contribution in [3.63, 3.8) is 0 Å². The van der Waals surface area contributed by atoms with Gasteiger partial charge in [0.25, 0.3) is 0 Å². The largest absolute Gasteiger partial charge is 0.355 e. The zero-order valence-electron chi connectivity index (χ0n) is 14.5. The van der Waals surface area contributed by atoms with E-state index >= 15 is 0 Å². The third kappa shape index (κ3) is 2.71. The van der Waals surface area contributed by atoms with Crippen LogP contribution in [0.1, 0.15) is 24.0 Å². The Kier molecular flexibility index (Phi) is 3.71. The molecule has 25 heavy (non-hydrogen) atoms. The average Bonchev–Trinajstić information content (AvgIpc) is 3.12. The molecule has 0 bridgehead atoms. The lowest BCUT2D eigenvalue weighted by Crippen LogP contribution is -2.44.